The van der Waals surface area contributed by atoms with Crippen LogP contribution in [0.4, 0.5) is 5.69 Å². The van der Waals surface area contributed by atoms with Crippen LogP contribution in [0.5, 0.6) is 0 Å². The van der Waals surface area contributed by atoms with Crippen LogP contribution in [0, 0.1) is 0 Å². The zero-order valence-corrected chi connectivity index (χ0v) is 15.3. The van der Waals surface area contributed by atoms with Gasteiger partial charge in [-0.2, -0.15) is 4.72 Å². The van der Waals surface area contributed by atoms with Gasteiger partial charge in [0, 0.05) is 25.6 Å². The predicted molar refractivity (Wildman–Crippen MR) is 96.0 cm³/mol. The molecule has 0 aliphatic heterocycles. The maximum atomic E-state index is 12.3. The first kappa shape index (κ1) is 19.7. The first-order valence-electron chi connectivity index (χ1n) is 7.98. The van der Waals surface area contributed by atoms with Crippen molar-refractivity contribution < 1.29 is 22.4 Å². The number of sulfonamides is 1. The third kappa shape index (κ3) is 5.71. The van der Waals surface area contributed by atoms with E-state index in [-0.39, 0.29) is 10.8 Å². The van der Waals surface area contributed by atoms with E-state index in [1.807, 2.05) is 0 Å². The second-order valence-electron chi connectivity index (χ2n) is 5.67. The summed E-state index contributed by atoms with van der Waals surface area (Å²) in [5, 5.41) is 5.20. The van der Waals surface area contributed by atoms with Crippen LogP contribution in [-0.2, 0) is 26.0 Å². The van der Waals surface area contributed by atoms with E-state index in [4.69, 9.17) is 4.42 Å². The summed E-state index contributed by atoms with van der Waals surface area (Å²) in [5.74, 6) is 0.0476. The highest BCUT2D eigenvalue weighted by atomic mass is 32.2. The largest absolute Gasteiger partial charge is 0.469 e. The van der Waals surface area contributed by atoms with E-state index >= 15 is 0 Å². The second kappa shape index (κ2) is 8.63. The number of nitrogens with one attached hydrogen (secondary N) is 3. The number of hydrogen-bond donors (Lipinski definition) is 3. The fraction of sp³-hybridized carbons (Fsp3) is 0.294. The van der Waals surface area contributed by atoms with Crippen LogP contribution >= 0.6 is 0 Å². The number of amides is 2. The molecule has 140 valence electrons. The summed E-state index contributed by atoms with van der Waals surface area (Å²) in [7, 11) is -3.86. The summed E-state index contributed by atoms with van der Waals surface area (Å²) in [4.78, 5) is 23.0. The molecule has 0 radical (unpaired) electrons. The van der Waals surface area contributed by atoms with Crippen molar-refractivity contribution in [3.63, 3.8) is 0 Å². The molecule has 1 aromatic carbocycles. The molecule has 0 unspecified atom stereocenters. The maximum absolute atomic E-state index is 12.3. The third-order valence-corrected chi connectivity index (χ3v) is 5.02. The molecule has 1 aromatic heterocycles. The third-order valence-electron chi connectivity index (χ3n) is 3.46. The number of carbonyl (C=O) groups is 2. The molecule has 8 nitrogen and oxygen atoms in total. The standard InChI is InChI=1S/C17H21N3O5S/c1-12(17(22)18-10-9-15-4-3-11-25-15)20-26(23,24)16-7-5-14(6-8-16)19-13(2)21/h3-8,11-12,20H,9-10H2,1-2H3,(H,18,22)(H,19,21)/t12-/m0/s1. The van der Waals surface area contributed by atoms with E-state index in [0.717, 1.165) is 5.76 Å². The topological polar surface area (TPSA) is 118 Å². The quantitative estimate of drug-likeness (QED) is 0.638. The van der Waals surface area contributed by atoms with Crippen molar-refractivity contribution in [1.29, 1.82) is 0 Å². The summed E-state index contributed by atoms with van der Waals surface area (Å²) in [5.41, 5.74) is 0.486. The molecule has 0 aliphatic rings. The highest BCUT2D eigenvalue weighted by molar-refractivity contribution is 7.89. The van der Waals surface area contributed by atoms with E-state index in [1.165, 1.54) is 38.1 Å². The van der Waals surface area contributed by atoms with Gasteiger partial charge < -0.3 is 15.1 Å². The molecule has 3 N–H and O–H groups in total. The summed E-state index contributed by atoms with van der Waals surface area (Å²) in [6.07, 6.45) is 2.06. The number of furan rings is 1. The van der Waals surface area contributed by atoms with Crippen molar-refractivity contribution in [2.75, 3.05) is 11.9 Å². The molecule has 0 saturated heterocycles. The lowest BCUT2D eigenvalue weighted by molar-refractivity contribution is -0.122. The Balaban J connectivity index is 1.90. The van der Waals surface area contributed by atoms with E-state index in [1.54, 1.807) is 18.4 Å². The van der Waals surface area contributed by atoms with Crippen molar-refractivity contribution in [2.45, 2.75) is 31.2 Å². The van der Waals surface area contributed by atoms with Crippen LogP contribution in [0.25, 0.3) is 0 Å². The summed E-state index contributed by atoms with van der Waals surface area (Å²) in [6.45, 7) is 3.16. The normalized spacial score (nSPS) is 12.4. The lowest BCUT2D eigenvalue weighted by Crippen LogP contribution is -2.45. The highest BCUT2D eigenvalue weighted by Gasteiger charge is 2.21. The van der Waals surface area contributed by atoms with Gasteiger partial charge in [-0.25, -0.2) is 8.42 Å². The molecule has 2 rings (SSSR count). The Labute approximate surface area is 152 Å². The van der Waals surface area contributed by atoms with Crippen LogP contribution in [0.1, 0.15) is 19.6 Å². The number of hydrogen-bond acceptors (Lipinski definition) is 5. The van der Waals surface area contributed by atoms with Crippen molar-refractivity contribution >= 4 is 27.5 Å². The van der Waals surface area contributed by atoms with E-state index in [2.05, 4.69) is 15.4 Å². The molecule has 2 amide bonds. The number of anilines is 1. The van der Waals surface area contributed by atoms with Gasteiger partial charge in [-0.05, 0) is 43.3 Å². The minimum absolute atomic E-state index is 0.00170. The molecule has 1 atom stereocenters. The van der Waals surface area contributed by atoms with Gasteiger partial charge in [0.15, 0.2) is 0 Å². The SMILES string of the molecule is CC(=O)Nc1ccc(S(=O)(=O)N[C@@H](C)C(=O)NCCc2ccco2)cc1. The predicted octanol–water partition coefficient (Wildman–Crippen LogP) is 1.26. The first-order valence-corrected chi connectivity index (χ1v) is 9.46. The Bertz CT molecular complexity index is 845. The van der Waals surface area contributed by atoms with Gasteiger partial charge in [-0.3, -0.25) is 9.59 Å². The Morgan fingerprint density at radius 1 is 1.15 bits per heavy atom. The molecule has 26 heavy (non-hydrogen) atoms. The molecule has 2 aromatic rings. The zero-order chi connectivity index (χ0) is 19.2. The van der Waals surface area contributed by atoms with Crippen molar-refractivity contribution in [3.8, 4) is 0 Å². The first-order chi connectivity index (χ1) is 12.3. The Kier molecular flexibility index (Phi) is 6.53. The van der Waals surface area contributed by atoms with Gasteiger partial charge in [-0.1, -0.05) is 0 Å². The summed E-state index contributed by atoms with van der Waals surface area (Å²) < 4.78 is 32.2. The highest BCUT2D eigenvalue weighted by Crippen LogP contribution is 2.14. The maximum Gasteiger partial charge on any atom is 0.241 e. The van der Waals surface area contributed by atoms with Crippen molar-refractivity contribution in [3.05, 3.63) is 48.4 Å². The number of benzene rings is 1. The van der Waals surface area contributed by atoms with Gasteiger partial charge in [0.2, 0.25) is 21.8 Å². The molecule has 0 bridgehead atoms. The fourth-order valence-electron chi connectivity index (χ4n) is 2.19. The molecule has 9 heteroatoms. The van der Waals surface area contributed by atoms with E-state index in [0.29, 0.717) is 18.7 Å². The molecular weight excluding hydrogens is 358 g/mol. The molecule has 1 heterocycles. The van der Waals surface area contributed by atoms with Gasteiger partial charge >= 0.3 is 0 Å². The minimum atomic E-state index is -3.86. The van der Waals surface area contributed by atoms with E-state index < -0.39 is 22.0 Å². The van der Waals surface area contributed by atoms with Crippen LogP contribution in [0.15, 0.2) is 52.0 Å². The van der Waals surface area contributed by atoms with Gasteiger partial charge in [0.25, 0.3) is 0 Å². The Morgan fingerprint density at radius 3 is 2.42 bits per heavy atom. The van der Waals surface area contributed by atoms with Crippen LogP contribution < -0.4 is 15.4 Å². The second-order valence-corrected chi connectivity index (χ2v) is 7.38. The van der Waals surface area contributed by atoms with E-state index in [9.17, 15) is 18.0 Å². The molecule has 0 spiro atoms. The van der Waals surface area contributed by atoms with Crippen LogP contribution in [0.3, 0.4) is 0 Å². The average molecular weight is 379 g/mol. The zero-order valence-electron chi connectivity index (χ0n) is 14.5. The summed E-state index contributed by atoms with van der Waals surface area (Å²) in [6, 6.07) is 8.28. The Morgan fingerprint density at radius 2 is 1.85 bits per heavy atom. The fourth-order valence-corrected chi connectivity index (χ4v) is 3.39. The van der Waals surface area contributed by atoms with Crippen LogP contribution in [0.2, 0.25) is 0 Å². The average Bonchev–Trinajstić information content (AvgIpc) is 3.07. The molecule has 0 aliphatic carbocycles. The monoisotopic (exact) mass is 379 g/mol. The van der Waals surface area contributed by atoms with Gasteiger partial charge in [-0.15, -0.1) is 0 Å². The van der Waals surface area contributed by atoms with Crippen molar-refractivity contribution in [2.24, 2.45) is 0 Å². The summed E-state index contributed by atoms with van der Waals surface area (Å²) >= 11 is 0. The Hall–Kier alpha value is -2.65. The lowest BCUT2D eigenvalue weighted by atomic mass is 10.3. The van der Waals surface area contributed by atoms with Gasteiger partial charge in [0.1, 0.15) is 5.76 Å². The number of rotatable bonds is 8. The van der Waals surface area contributed by atoms with Crippen molar-refractivity contribution in [1.82, 2.24) is 10.0 Å². The molecule has 0 saturated carbocycles. The van der Waals surface area contributed by atoms with Gasteiger partial charge in [0.05, 0.1) is 17.2 Å². The smallest absolute Gasteiger partial charge is 0.241 e. The number of carbonyl (C=O) groups excluding carboxylic acids is 2. The molecule has 0 fully saturated rings. The lowest BCUT2D eigenvalue weighted by Gasteiger charge is -2.14. The molecular formula is C17H21N3O5S. The van der Waals surface area contributed by atoms with Crippen LogP contribution in [-0.4, -0.2) is 32.8 Å². The minimum Gasteiger partial charge on any atom is -0.469 e.